The number of hydrogen-bond donors (Lipinski definition) is 2. The standard InChI is InChI=1S/C16H17BrN2O3/c1-21-11-7-8-15(22-2)14(9-11)19-16(20)10-18-13-6-4-3-5-12(13)17/h3-9,18H,10H2,1-2H3,(H,19,20). The van der Waals surface area contributed by atoms with E-state index in [1.165, 1.54) is 0 Å². The van der Waals surface area contributed by atoms with E-state index in [9.17, 15) is 4.79 Å². The average molecular weight is 365 g/mol. The molecule has 0 aromatic heterocycles. The van der Waals surface area contributed by atoms with Crippen molar-refractivity contribution in [1.82, 2.24) is 0 Å². The van der Waals surface area contributed by atoms with E-state index in [1.807, 2.05) is 24.3 Å². The van der Waals surface area contributed by atoms with Gasteiger partial charge in [0, 0.05) is 16.2 Å². The largest absolute Gasteiger partial charge is 0.497 e. The van der Waals surface area contributed by atoms with E-state index < -0.39 is 0 Å². The van der Waals surface area contributed by atoms with Crippen molar-refractivity contribution in [1.29, 1.82) is 0 Å². The van der Waals surface area contributed by atoms with Gasteiger partial charge >= 0.3 is 0 Å². The zero-order chi connectivity index (χ0) is 15.9. The predicted octanol–water partition coefficient (Wildman–Crippen LogP) is 3.52. The first-order valence-electron chi connectivity index (χ1n) is 6.64. The molecule has 0 spiro atoms. The van der Waals surface area contributed by atoms with Crippen molar-refractivity contribution in [2.45, 2.75) is 0 Å². The van der Waals surface area contributed by atoms with Crippen LogP contribution >= 0.6 is 15.9 Å². The molecule has 0 fully saturated rings. The van der Waals surface area contributed by atoms with Gasteiger partial charge in [-0.3, -0.25) is 4.79 Å². The fourth-order valence-corrected chi connectivity index (χ4v) is 2.31. The number of carbonyl (C=O) groups is 1. The lowest BCUT2D eigenvalue weighted by atomic mass is 10.2. The molecule has 6 heteroatoms. The molecule has 2 rings (SSSR count). The normalized spacial score (nSPS) is 9.95. The van der Waals surface area contributed by atoms with E-state index in [2.05, 4.69) is 26.6 Å². The maximum Gasteiger partial charge on any atom is 0.243 e. The van der Waals surface area contributed by atoms with Crippen molar-refractivity contribution in [3.8, 4) is 11.5 Å². The smallest absolute Gasteiger partial charge is 0.243 e. The Balaban J connectivity index is 2.01. The highest BCUT2D eigenvalue weighted by molar-refractivity contribution is 9.10. The Labute approximate surface area is 137 Å². The second-order valence-corrected chi connectivity index (χ2v) is 5.30. The van der Waals surface area contributed by atoms with Gasteiger partial charge in [0.25, 0.3) is 0 Å². The lowest BCUT2D eigenvalue weighted by molar-refractivity contribution is -0.114. The molecule has 0 saturated heterocycles. The van der Waals surface area contributed by atoms with Crippen LogP contribution in [0.25, 0.3) is 0 Å². The molecule has 0 unspecified atom stereocenters. The Kier molecular flexibility index (Phi) is 5.66. The molecule has 2 aromatic rings. The fourth-order valence-electron chi connectivity index (χ4n) is 1.89. The second kappa shape index (κ2) is 7.70. The third-order valence-electron chi connectivity index (χ3n) is 2.99. The molecule has 0 aliphatic rings. The molecule has 0 bridgehead atoms. The van der Waals surface area contributed by atoms with Crippen molar-refractivity contribution < 1.29 is 14.3 Å². The van der Waals surface area contributed by atoms with Crippen LogP contribution in [0.5, 0.6) is 11.5 Å². The zero-order valence-corrected chi connectivity index (χ0v) is 13.9. The van der Waals surface area contributed by atoms with Crippen LogP contribution in [0.1, 0.15) is 0 Å². The molecular weight excluding hydrogens is 348 g/mol. The van der Waals surface area contributed by atoms with Gasteiger partial charge in [0.15, 0.2) is 0 Å². The van der Waals surface area contributed by atoms with E-state index >= 15 is 0 Å². The van der Waals surface area contributed by atoms with Gasteiger partial charge in [-0.25, -0.2) is 0 Å². The van der Waals surface area contributed by atoms with Gasteiger partial charge < -0.3 is 20.1 Å². The monoisotopic (exact) mass is 364 g/mol. The van der Waals surface area contributed by atoms with Crippen LogP contribution in [0, 0.1) is 0 Å². The summed E-state index contributed by atoms with van der Waals surface area (Å²) >= 11 is 3.42. The van der Waals surface area contributed by atoms with Gasteiger partial charge in [-0.05, 0) is 40.2 Å². The minimum Gasteiger partial charge on any atom is -0.497 e. The van der Waals surface area contributed by atoms with Gasteiger partial charge in [0.05, 0.1) is 26.5 Å². The molecule has 0 heterocycles. The van der Waals surface area contributed by atoms with E-state index in [0.29, 0.717) is 17.2 Å². The molecule has 0 atom stereocenters. The molecular formula is C16H17BrN2O3. The minimum atomic E-state index is -0.178. The summed E-state index contributed by atoms with van der Waals surface area (Å²) in [5.41, 5.74) is 1.43. The van der Waals surface area contributed by atoms with Crippen LogP contribution in [-0.4, -0.2) is 26.7 Å². The Hall–Kier alpha value is -2.21. The number of nitrogens with one attached hydrogen (secondary N) is 2. The quantitative estimate of drug-likeness (QED) is 0.823. The predicted molar refractivity (Wildman–Crippen MR) is 90.8 cm³/mol. The SMILES string of the molecule is COc1ccc(OC)c(NC(=O)CNc2ccccc2Br)c1. The molecule has 22 heavy (non-hydrogen) atoms. The number of ether oxygens (including phenoxy) is 2. The van der Waals surface area contributed by atoms with E-state index in [0.717, 1.165) is 10.2 Å². The van der Waals surface area contributed by atoms with Gasteiger partial charge in [0.1, 0.15) is 11.5 Å². The van der Waals surface area contributed by atoms with Crippen LogP contribution in [0.3, 0.4) is 0 Å². The van der Waals surface area contributed by atoms with Crippen LogP contribution in [0.4, 0.5) is 11.4 Å². The Morgan fingerprint density at radius 1 is 1.09 bits per heavy atom. The van der Waals surface area contributed by atoms with Crippen molar-refractivity contribution >= 4 is 33.2 Å². The van der Waals surface area contributed by atoms with Crippen LogP contribution in [-0.2, 0) is 4.79 Å². The molecule has 0 radical (unpaired) electrons. The molecule has 0 aliphatic carbocycles. The minimum absolute atomic E-state index is 0.142. The van der Waals surface area contributed by atoms with Crippen LogP contribution < -0.4 is 20.1 Å². The summed E-state index contributed by atoms with van der Waals surface area (Å²) in [4.78, 5) is 12.1. The first-order chi connectivity index (χ1) is 10.6. The number of methoxy groups -OCH3 is 2. The fraction of sp³-hybridized carbons (Fsp3) is 0.188. The van der Waals surface area contributed by atoms with Crippen LogP contribution in [0.15, 0.2) is 46.9 Å². The number of hydrogen-bond acceptors (Lipinski definition) is 4. The van der Waals surface area contributed by atoms with Crippen molar-refractivity contribution in [3.05, 3.63) is 46.9 Å². The average Bonchev–Trinajstić information content (AvgIpc) is 2.54. The Bertz CT molecular complexity index is 662. The summed E-state index contributed by atoms with van der Waals surface area (Å²) in [5.74, 6) is 1.05. The molecule has 5 nitrogen and oxygen atoms in total. The Morgan fingerprint density at radius 3 is 2.55 bits per heavy atom. The van der Waals surface area contributed by atoms with Gasteiger partial charge in [-0.15, -0.1) is 0 Å². The number of benzene rings is 2. The maximum atomic E-state index is 12.1. The van der Waals surface area contributed by atoms with E-state index in [1.54, 1.807) is 32.4 Å². The molecule has 0 aliphatic heterocycles. The first-order valence-corrected chi connectivity index (χ1v) is 7.43. The summed E-state index contributed by atoms with van der Waals surface area (Å²) in [6.07, 6.45) is 0. The summed E-state index contributed by atoms with van der Waals surface area (Å²) in [5, 5.41) is 5.87. The van der Waals surface area contributed by atoms with Crippen molar-refractivity contribution in [3.63, 3.8) is 0 Å². The number of rotatable bonds is 6. The zero-order valence-electron chi connectivity index (χ0n) is 12.4. The second-order valence-electron chi connectivity index (χ2n) is 4.45. The van der Waals surface area contributed by atoms with Gasteiger partial charge in [0.2, 0.25) is 5.91 Å². The van der Waals surface area contributed by atoms with Gasteiger partial charge in [-0.2, -0.15) is 0 Å². The van der Waals surface area contributed by atoms with Crippen LogP contribution in [0.2, 0.25) is 0 Å². The van der Waals surface area contributed by atoms with Gasteiger partial charge in [-0.1, -0.05) is 12.1 Å². The van der Waals surface area contributed by atoms with E-state index in [-0.39, 0.29) is 12.5 Å². The number of para-hydroxylation sites is 1. The first kappa shape index (κ1) is 16.2. The number of halogens is 1. The molecule has 116 valence electrons. The number of carbonyl (C=O) groups excluding carboxylic acids is 1. The third kappa shape index (κ3) is 4.14. The lowest BCUT2D eigenvalue weighted by Gasteiger charge is -2.13. The third-order valence-corrected chi connectivity index (χ3v) is 3.69. The van der Waals surface area contributed by atoms with E-state index in [4.69, 9.17) is 9.47 Å². The molecule has 1 amide bonds. The van der Waals surface area contributed by atoms with Crippen molar-refractivity contribution in [2.75, 3.05) is 31.4 Å². The topological polar surface area (TPSA) is 59.6 Å². The molecule has 2 aromatic carbocycles. The summed E-state index contributed by atoms with van der Waals surface area (Å²) in [7, 11) is 3.12. The highest BCUT2D eigenvalue weighted by atomic mass is 79.9. The lowest BCUT2D eigenvalue weighted by Crippen LogP contribution is -2.22. The molecule has 2 N–H and O–H groups in total. The van der Waals surface area contributed by atoms with Crippen molar-refractivity contribution in [2.24, 2.45) is 0 Å². The number of amides is 1. The number of anilines is 2. The molecule has 0 saturated carbocycles. The summed E-state index contributed by atoms with van der Waals surface area (Å²) in [6, 6.07) is 12.8. The summed E-state index contributed by atoms with van der Waals surface area (Å²) in [6.45, 7) is 0.142. The summed E-state index contributed by atoms with van der Waals surface area (Å²) < 4.78 is 11.3. The maximum absolute atomic E-state index is 12.1. The highest BCUT2D eigenvalue weighted by Gasteiger charge is 2.09. The Morgan fingerprint density at radius 2 is 1.86 bits per heavy atom. The highest BCUT2D eigenvalue weighted by Crippen LogP contribution is 2.28.